The number of benzene rings is 1. The Balaban J connectivity index is 2.22. The monoisotopic (exact) mass is 272 g/mol. The molecular formula is C16H20N2O2. The maximum atomic E-state index is 12.2. The summed E-state index contributed by atoms with van der Waals surface area (Å²) in [6.45, 7) is 4.86. The van der Waals surface area contributed by atoms with Crippen LogP contribution in [0.3, 0.4) is 0 Å². The summed E-state index contributed by atoms with van der Waals surface area (Å²) in [5.74, 6) is -0.0362. The predicted molar refractivity (Wildman–Crippen MR) is 78.9 cm³/mol. The van der Waals surface area contributed by atoms with Gasteiger partial charge in [-0.1, -0.05) is 38.1 Å². The quantitative estimate of drug-likeness (QED) is 0.833. The molecule has 1 atom stereocenters. The molecule has 1 unspecified atom stereocenters. The molecule has 1 aromatic rings. The van der Waals surface area contributed by atoms with E-state index < -0.39 is 0 Å². The molecule has 4 nitrogen and oxygen atoms in total. The molecule has 0 bridgehead atoms. The fraction of sp³-hybridized carbons (Fsp3) is 0.375. The van der Waals surface area contributed by atoms with Crippen LogP contribution < -0.4 is 5.73 Å². The van der Waals surface area contributed by atoms with Crippen molar-refractivity contribution in [2.45, 2.75) is 26.2 Å². The molecule has 0 aliphatic carbocycles. The minimum atomic E-state index is -0.276. The molecule has 0 aromatic heterocycles. The molecule has 2 amide bonds. The Kier molecular flexibility index (Phi) is 4.35. The number of imide groups is 1. The lowest BCUT2D eigenvalue weighted by atomic mass is 9.96. The Labute approximate surface area is 119 Å². The maximum absolute atomic E-state index is 12.2. The van der Waals surface area contributed by atoms with Crippen LogP contribution >= 0.6 is 0 Å². The molecule has 0 radical (unpaired) electrons. The zero-order chi connectivity index (χ0) is 14.7. The average Bonchev–Trinajstić information content (AvgIpc) is 2.75. The minimum absolute atomic E-state index is 0.253. The van der Waals surface area contributed by atoms with Gasteiger partial charge in [0.25, 0.3) is 11.8 Å². The van der Waals surface area contributed by atoms with Crippen LogP contribution in [-0.4, -0.2) is 29.8 Å². The third-order valence-electron chi connectivity index (χ3n) is 3.77. The van der Waals surface area contributed by atoms with E-state index in [0.29, 0.717) is 11.5 Å². The minimum Gasteiger partial charge on any atom is -0.329 e. The second-order valence-electron chi connectivity index (χ2n) is 5.07. The van der Waals surface area contributed by atoms with Gasteiger partial charge in [0.15, 0.2) is 0 Å². The first-order valence-corrected chi connectivity index (χ1v) is 6.96. The molecule has 1 aliphatic heterocycles. The van der Waals surface area contributed by atoms with E-state index in [4.69, 9.17) is 5.73 Å². The Morgan fingerprint density at radius 3 is 2.40 bits per heavy atom. The zero-order valence-corrected chi connectivity index (χ0v) is 11.9. The molecule has 0 saturated carbocycles. The van der Waals surface area contributed by atoms with E-state index in [0.717, 1.165) is 12.0 Å². The molecule has 2 N–H and O–H groups in total. The Bertz CT molecular complexity index is 546. The molecule has 0 fully saturated rings. The van der Waals surface area contributed by atoms with Crippen molar-refractivity contribution in [1.29, 1.82) is 0 Å². The highest BCUT2D eigenvalue weighted by molar-refractivity contribution is 6.33. The van der Waals surface area contributed by atoms with Crippen LogP contribution in [0.5, 0.6) is 0 Å². The standard InChI is InChI=1S/C16H20N2O2/c1-3-11(2)12-4-6-13(7-5-12)14-10-15(19)18(9-8-17)16(14)20/h4-7,10-11H,3,8-9,17H2,1-2H3. The SMILES string of the molecule is CCC(C)c1ccc(C2=CC(=O)N(CCN)C2=O)cc1. The fourth-order valence-corrected chi connectivity index (χ4v) is 2.28. The van der Waals surface area contributed by atoms with E-state index in [9.17, 15) is 9.59 Å². The van der Waals surface area contributed by atoms with Gasteiger partial charge in [0.2, 0.25) is 0 Å². The van der Waals surface area contributed by atoms with Crippen LogP contribution in [0.15, 0.2) is 30.3 Å². The summed E-state index contributed by atoms with van der Waals surface area (Å²) < 4.78 is 0. The van der Waals surface area contributed by atoms with Gasteiger partial charge in [-0.3, -0.25) is 14.5 Å². The smallest absolute Gasteiger partial charge is 0.261 e. The van der Waals surface area contributed by atoms with E-state index >= 15 is 0 Å². The van der Waals surface area contributed by atoms with Gasteiger partial charge in [0.05, 0.1) is 5.57 Å². The molecule has 0 saturated heterocycles. The Morgan fingerprint density at radius 2 is 1.85 bits per heavy atom. The second-order valence-corrected chi connectivity index (χ2v) is 5.07. The summed E-state index contributed by atoms with van der Waals surface area (Å²) in [7, 11) is 0. The molecule has 1 heterocycles. The van der Waals surface area contributed by atoms with E-state index in [1.165, 1.54) is 16.5 Å². The van der Waals surface area contributed by atoms with Gasteiger partial charge in [-0.25, -0.2) is 0 Å². The number of nitrogens with zero attached hydrogens (tertiary/aromatic N) is 1. The van der Waals surface area contributed by atoms with E-state index in [1.807, 2.05) is 24.3 Å². The zero-order valence-electron chi connectivity index (χ0n) is 11.9. The van der Waals surface area contributed by atoms with Gasteiger partial charge in [-0.05, 0) is 23.5 Å². The van der Waals surface area contributed by atoms with Crippen molar-refractivity contribution >= 4 is 17.4 Å². The van der Waals surface area contributed by atoms with Crippen LogP contribution in [0.25, 0.3) is 5.57 Å². The highest BCUT2D eigenvalue weighted by atomic mass is 16.2. The number of hydrogen-bond donors (Lipinski definition) is 1. The predicted octanol–water partition coefficient (Wildman–Crippen LogP) is 1.91. The van der Waals surface area contributed by atoms with Crippen LogP contribution in [0.2, 0.25) is 0 Å². The number of amides is 2. The van der Waals surface area contributed by atoms with Gasteiger partial charge < -0.3 is 5.73 Å². The van der Waals surface area contributed by atoms with E-state index in [1.54, 1.807) is 0 Å². The van der Waals surface area contributed by atoms with Crippen LogP contribution in [-0.2, 0) is 9.59 Å². The molecule has 1 aromatic carbocycles. The summed E-state index contributed by atoms with van der Waals surface area (Å²) in [5.41, 5.74) is 7.90. The lowest BCUT2D eigenvalue weighted by Gasteiger charge is -2.13. The summed E-state index contributed by atoms with van der Waals surface area (Å²) in [5, 5.41) is 0. The second kappa shape index (κ2) is 6.01. The number of rotatable bonds is 5. The van der Waals surface area contributed by atoms with Crippen molar-refractivity contribution in [1.82, 2.24) is 4.90 Å². The molecule has 106 valence electrons. The summed E-state index contributed by atoms with van der Waals surface area (Å²) >= 11 is 0. The summed E-state index contributed by atoms with van der Waals surface area (Å²) in [6.07, 6.45) is 2.47. The molecule has 20 heavy (non-hydrogen) atoms. The van der Waals surface area contributed by atoms with Crippen LogP contribution in [0.1, 0.15) is 37.3 Å². The van der Waals surface area contributed by atoms with E-state index in [-0.39, 0.29) is 24.9 Å². The van der Waals surface area contributed by atoms with Crippen molar-refractivity contribution in [3.8, 4) is 0 Å². The maximum Gasteiger partial charge on any atom is 0.261 e. The van der Waals surface area contributed by atoms with Crippen molar-refractivity contribution in [3.63, 3.8) is 0 Å². The first-order valence-electron chi connectivity index (χ1n) is 6.96. The average molecular weight is 272 g/mol. The summed E-state index contributed by atoms with van der Waals surface area (Å²) in [4.78, 5) is 25.1. The highest BCUT2D eigenvalue weighted by Crippen LogP contribution is 2.26. The van der Waals surface area contributed by atoms with E-state index in [2.05, 4.69) is 13.8 Å². The van der Waals surface area contributed by atoms with Crippen LogP contribution in [0.4, 0.5) is 0 Å². The molecule has 0 spiro atoms. The lowest BCUT2D eigenvalue weighted by molar-refractivity contribution is -0.136. The summed E-state index contributed by atoms with van der Waals surface area (Å²) in [6, 6.07) is 7.86. The number of carbonyl (C=O) groups is 2. The first kappa shape index (κ1) is 14.5. The topological polar surface area (TPSA) is 63.4 Å². The van der Waals surface area contributed by atoms with Crippen molar-refractivity contribution in [3.05, 3.63) is 41.5 Å². The van der Waals surface area contributed by atoms with Crippen molar-refractivity contribution < 1.29 is 9.59 Å². The number of hydrogen-bond acceptors (Lipinski definition) is 3. The Hall–Kier alpha value is -1.94. The third kappa shape index (κ3) is 2.65. The Morgan fingerprint density at radius 1 is 1.20 bits per heavy atom. The fourth-order valence-electron chi connectivity index (χ4n) is 2.28. The molecule has 2 rings (SSSR count). The third-order valence-corrected chi connectivity index (χ3v) is 3.77. The van der Waals surface area contributed by atoms with Crippen molar-refractivity contribution in [2.75, 3.05) is 13.1 Å². The van der Waals surface area contributed by atoms with Gasteiger partial charge in [-0.2, -0.15) is 0 Å². The van der Waals surface area contributed by atoms with Gasteiger partial charge >= 0.3 is 0 Å². The molecule has 1 aliphatic rings. The molecule has 4 heteroatoms. The lowest BCUT2D eigenvalue weighted by Crippen LogP contribution is -2.35. The first-order chi connectivity index (χ1) is 9.58. The number of nitrogens with two attached hydrogens (primary N) is 1. The largest absolute Gasteiger partial charge is 0.329 e. The van der Waals surface area contributed by atoms with Gasteiger partial charge in [0.1, 0.15) is 0 Å². The van der Waals surface area contributed by atoms with Gasteiger partial charge in [-0.15, -0.1) is 0 Å². The van der Waals surface area contributed by atoms with Crippen molar-refractivity contribution in [2.24, 2.45) is 5.73 Å². The molecular weight excluding hydrogens is 252 g/mol. The van der Waals surface area contributed by atoms with Crippen LogP contribution in [0, 0.1) is 0 Å². The number of carbonyl (C=O) groups excluding carboxylic acids is 2. The van der Waals surface area contributed by atoms with Gasteiger partial charge in [0, 0.05) is 19.2 Å². The highest BCUT2D eigenvalue weighted by Gasteiger charge is 2.30. The normalized spacial score (nSPS) is 16.6.